The number of amides is 1. The molecule has 2 aliphatic heterocycles. The molecule has 3 aromatic rings. The number of piperazine rings is 1. The molecule has 0 saturated carbocycles. The largest absolute Gasteiger partial charge is 0.486 e. The van der Waals surface area contributed by atoms with Gasteiger partial charge in [-0.3, -0.25) is 9.36 Å². The second-order valence-electron chi connectivity index (χ2n) is 10.4. The Morgan fingerprint density at radius 3 is 2.67 bits per heavy atom. The molecule has 5 rings (SSSR count). The van der Waals surface area contributed by atoms with Crippen molar-refractivity contribution in [3.8, 4) is 16.9 Å². The Hall–Kier alpha value is -3.50. The molecular weight excluding hydrogens is 542 g/mol. The van der Waals surface area contributed by atoms with Crippen LogP contribution < -0.4 is 15.3 Å². The average Bonchev–Trinajstić information content (AvgIpc) is 2.92. The molecule has 11 heteroatoms. The van der Waals surface area contributed by atoms with E-state index in [1.807, 2.05) is 18.7 Å². The first-order valence-corrected chi connectivity index (χ1v) is 13.7. The van der Waals surface area contributed by atoms with Crippen LogP contribution in [0.4, 0.5) is 14.6 Å². The van der Waals surface area contributed by atoms with Crippen LogP contribution in [0.5, 0.6) is 5.75 Å². The van der Waals surface area contributed by atoms with Gasteiger partial charge in [0.25, 0.3) is 0 Å². The molecule has 1 aromatic heterocycles. The summed E-state index contributed by atoms with van der Waals surface area (Å²) in [6, 6.07) is 4.51. The number of anilines is 1. The molecule has 40 heavy (non-hydrogen) atoms. The molecule has 2 aliphatic rings. The fourth-order valence-corrected chi connectivity index (χ4v) is 5.99. The number of unbranched alkanes of at least 4 members (excludes halogenated alkanes) is 1. The van der Waals surface area contributed by atoms with Crippen LogP contribution in [0, 0.1) is 11.6 Å². The zero-order valence-electron chi connectivity index (χ0n) is 22.4. The van der Waals surface area contributed by atoms with Crippen molar-refractivity contribution < 1.29 is 23.4 Å². The van der Waals surface area contributed by atoms with Crippen LogP contribution in [0.2, 0.25) is 5.02 Å². The van der Waals surface area contributed by atoms with Crippen molar-refractivity contribution in [3.05, 3.63) is 64.1 Å². The summed E-state index contributed by atoms with van der Waals surface area (Å²) in [4.78, 5) is 34.1. The van der Waals surface area contributed by atoms with E-state index in [4.69, 9.17) is 16.3 Å². The zero-order valence-corrected chi connectivity index (χ0v) is 23.1. The van der Waals surface area contributed by atoms with Crippen molar-refractivity contribution in [3.63, 3.8) is 0 Å². The standard InChI is InChI=1S/C29H31ClF2N4O4/c1-4-24(38)34-13-17(3)35(14-16(34)2)28-21-12-22(30)25(20-9-8-18(31)11-23(20)32)27-26(21)36(29(39)33-28)15-19(40-27)7-5-6-10-37/h4,8-9,11-12,16-17,19,37H,1,5-7,10,13-15H2,2-3H3/t16-,17+,19-/m1/s1. The second-order valence-corrected chi connectivity index (χ2v) is 10.8. The molecule has 0 aliphatic carbocycles. The first-order valence-electron chi connectivity index (χ1n) is 13.3. The third-order valence-corrected chi connectivity index (χ3v) is 7.97. The molecular formula is C29H31ClF2N4O4. The van der Waals surface area contributed by atoms with E-state index in [-0.39, 0.29) is 53.0 Å². The zero-order chi connectivity index (χ0) is 28.7. The van der Waals surface area contributed by atoms with Crippen molar-refractivity contribution in [2.75, 3.05) is 24.6 Å². The van der Waals surface area contributed by atoms with E-state index in [1.54, 1.807) is 11.0 Å². The van der Waals surface area contributed by atoms with E-state index in [0.717, 1.165) is 12.1 Å². The quantitative estimate of drug-likeness (QED) is 0.331. The molecule has 3 heterocycles. The lowest BCUT2D eigenvalue weighted by molar-refractivity contribution is -0.128. The molecule has 1 amide bonds. The number of halogens is 3. The van der Waals surface area contributed by atoms with Crippen LogP contribution in [0.3, 0.4) is 0 Å². The van der Waals surface area contributed by atoms with E-state index in [2.05, 4.69) is 11.6 Å². The highest BCUT2D eigenvalue weighted by Gasteiger charge is 2.36. The molecule has 1 fully saturated rings. The topological polar surface area (TPSA) is 87.9 Å². The van der Waals surface area contributed by atoms with E-state index < -0.39 is 23.4 Å². The third kappa shape index (κ3) is 4.94. The molecule has 3 atom stereocenters. The lowest BCUT2D eigenvalue weighted by atomic mass is 9.98. The third-order valence-electron chi connectivity index (χ3n) is 7.67. The molecule has 0 bridgehead atoms. The van der Waals surface area contributed by atoms with Gasteiger partial charge in [-0.15, -0.1) is 0 Å². The molecule has 1 N–H and O–H groups in total. The minimum atomic E-state index is -0.808. The monoisotopic (exact) mass is 572 g/mol. The molecule has 0 unspecified atom stereocenters. The van der Waals surface area contributed by atoms with Crippen LogP contribution in [0.15, 0.2) is 41.7 Å². The molecule has 0 radical (unpaired) electrons. The second kappa shape index (κ2) is 11.2. The van der Waals surface area contributed by atoms with Gasteiger partial charge in [-0.2, -0.15) is 4.98 Å². The number of hydrogen-bond donors (Lipinski definition) is 1. The molecule has 1 saturated heterocycles. The number of ether oxygens (including phenoxy) is 1. The maximum atomic E-state index is 15.1. The van der Waals surface area contributed by atoms with Gasteiger partial charge in [-0.05, 0) is 57.4 Å². The summed E-state index contributed by atoms with van der Waals surface area (Å²) in [5.74, 6) is -1.07. The summed E-state index contributed by atoms with van der Waals surface area (Å²) >= 11 is 6.81. The van der Waals surface area contributed by atoms with Crippen LogP contribution >= 0.6 is 11.6 Å². The number of aliphatic hydroxyl groups excluding tert-OH is 1. The predicted molar refractivity (Wildman–Crippen MR) is 150 cm³/mol. The number of benzene rings is 2. The smallest absolute Gasteiger partial charge is 0.350 e. The summed E-state index contributed by atoms with van der Waals surface area (Å²) in [5.41, 5.74) is 0.222. The van der Waals surface area contributed by atoms with Gasteiger partial charge in [0.15, 0.2) is 5.75 Å². The van der Waals surface area contributed by atoms with Gasteiger partial charge in [0, 0.05) is 54.4 Å². The van der Waals surface area contributed by atoms with Gasteiger partial charge in [-0.25, -0.2) is 13.6 Å². The predicted octanol–water partition coefficient (Wildman–Crippen LogP) is 4.53. The molecule has 8 nitrogen and oxygen atoms in total. The Balaban J connectivity index is 1.70. The first kappa shape index (κ1) is 28.0. The lowest BCUT2D eigenvalue weighted by Gasteiger charge is -2.44. The fourth-order valence-electron chi connectivity index (χ4n) is 5.70. The first-order chi connectivity index (χ1) is 19.1. The summed E-state index contributed by atoms with van der Waals surface area (Å²) in [7, 11) is 0. The van der Waals surface area contributed by atoms with Gasteiger partial charge >= 0.3 is 5.69 Å². The lowest BCUT2D eigenvalue weighted by Crippen LogP contribution is -2.58. The SMILES string of the molecule is C=CC(=O)N1C[C@H](C)N(c2nc(=O)n3c4c(c(-c5ccc(F)cc5F)c(Cl)cc24)O[C@H](CCCCO)C3)C[C@H]1C. The molecule has 2 aromatic carbocycles. The van der Waals surface area contributed by atoms with Crippen LogP contribution in [0.1, 0.15) is 33.1 Å². The Labute approximate surface area is 235 Å². The minimum absolute atomic E-state index is 0.0316. The number of carbonyl (C=O) groups excluding carboxylic acids is 1. The highest BCUT2D eigenvalue weighted by atomic mass is 35.5. The van der Waals surface area contributed by atoms with Crippen molar-refractivity contribution in [1.29, 1.82) is 0 Å². The fraction of sp³-hybridized carbons (Fsp3) is 0.414. The van der Waals surface area contributed by atoms with Gasteiger partial charge in [0.1, 0.15) is 23.6 Å². The van der Waals surface area contributed by atoms with E-state index >= 15 is 4.39 Å². The Morgan fingerprint density at radius 1 is 1.20 bits per heavy atom. The number of carbonyl (C=O) groups is 1. The Kier molecular flexibility index (Phi) is 7.83. The maximum absolute atomic E-state index is 15.1. The Morgan fingerprint density at radius 2 is 1.98 bits per heavy atom. The summed E-state index contributed by atoms with van der Waals surface area (Å²) in [5, 5.41) is 9.95. The summed E-state index contributed by atoms with van der Waals surface area (Å²) in [6.45, 7) is 8.53. The molecule has 0 spiro atoms. The highest BCUT2D eigenvalue weighted by Crippen LogP contribution is 2.47. The maximum Gasteiger partial charge on any atom is 0.350 e. The van der Waals surface area contributed by atoms with Gasteiger partial charge in [-0.1, -0.05) is 18.2 Å². The average molecular weight is 573 g/mol. The number of aromatic nitrogens is 2. The number of aliphatic hydroxyl groups is 1. The minimum Gasteiger partial charge on any atom is -0.486 e. The molecule has 212 valence electrons. The van der Waals surface area contributed by atoms with Gasteiger partial charge in [0.05, 0.1) is 17.1 Å². The van der Waals surface area contributed by atoms with Gasteiger partial charge < -0.3 is 19.6 Å². The summed E-state index contributed by atoms with van der Waals surface area (Å²) < 4.78 is 36.8. The van der Waals surface area contributed by atoms with Crippen molar-refractivity contribution in [1.82, 2.24) is 14.5 Å². The van der Waals surface area contributed by atoms with E-state index in [1.165, 1.54) is 16.7 Å². The van der Waals surface area contributed by atoms with Crippen molar-refractivity contribution in [2.45, 2.75) is 57.8 Å². The van der Waals surface area contributed by atoms with Crippen LogP contribution in [-0.4, -0.2) is 63.3 Å². The number of nitrogens with zero attached hydrogens (tertiary/aromatic N) is 4. The normalized spacial score (nSPS) is 20.5. The van der Waals surface area contributed by atoms with Crippen molar-refractivity contribution >= 4 is 34.2 Å². The van der Waals surface area contributed by atoms with E-state index in [9.17, 15) is 19.1 Å². The van der Waals surface area contributed by atoms with Crippen molar-refractivity contribution in [2.24, 2.45) is 0 Å². The van der Waals surface area contributed by atoms with E-state index in [0.29, 0.717) is 49.1 Å². The summed E-state index contributed by atoms with van der Waals surface area (Å²) in [6.07, 6.45) is 2.61. The van der Waals surface area contributed by atoms with Crippen LogP contribution in [0.25, 0.3) is 22.0 Å². The van der Waals surface area contributed by atoms with Gasteiger partial charge in [0.2, 0.25) is 5.91 Å². The van der Waals surface area contributed by atoms with Crippen LogP contribution in [-0.2, 0) is 11.3 Å². The Bertz CT molecular complexity index is 1540. The highest BCUT2D eigenvalue weighted by molar-refractivity contribution is 6.35. The number of hydrogen-bond acceptors (Lipinski definition) is 6. The number of rotatable bonds is 7.